The summed E-state index contributed by atoms with van der Waals surface area (Å²) >= 11 is 0. The van der Waals surface area contributed by atoms with Gasteiger partial charge >= 0.3 is 0 Å². The van der Waals surface area contributed by atoms with Crippen molar-refractivity contribution in [2.45, 2.75) is 32.2 Å². The van der Waals surface area contributed by atoms with E-state index in [-0.39, 0.29) is 23.5 Å². The van der Waals surface area contributed by atoms with E-state index in [4.69, 9.17) is 0 Å². The molecule has 122 valence electrons. The van der Waals surface area contributed by atoms with Gasteiger partial charge in [0.05, 0.1) is 18.1 Å². The van der Waals surface area contributed by atoms with Crippen molar-refractivity contribution in [3.05, 3.63) is 0 Å². The van der Waals surface area contributed by atoms with Crippen LogP contribution in [0.5, 0.6) is 0 Å². The summed E-state index contributed by atoms with van der Waals surface area (Å²) in [7, 11) is -2.93. The molecule has 0 saturated carbocycles. The third-order valence-electron chi connectivity index (χ3n) is 4.33. The number of piperidine rings is 1. The van der Waals surface area contributed by atoms with Gasteiger partial charge < -0.3 is 10.6 Å². The lowest BCUT2D eigenvalue weighted by molar-refractivity contribution is -0.122. The van der Waals surface area contributed by atoms with Gasteiger partial charge in [0.25, 0.3) is 0 Å². The maximum Gasteiger partial charge on any atom is 0.234 e. The molecule has 6 nitrogen and oxygen atoms in total. The number of amides is 1. The van der Waals surface area contributed by atoms with Crippen molar-refractivity contribution in [1.82, 2.24) is 15.5 Å². The van der Waals surface area contributed by atoms with Crippen LogP contribution in [0, 0.1) is 5.92 Å². The summed E-state index contributed by atoms with van der Waals surface area (Å²) in [6.45, 7) is 6.32. The Bertz CT molecular complexity index is 446. The first-order valence-corrected chi connectivity index (χ1v) is 9.73. The first kappa shape index (κ1) is 16.7. The molecule has 1 amide bonds. The fourth-order valence-electron chi connectivity index (χ4n) is 3.14. The maximum atomic E-state index is 12.1. The number of carbonyl (C=O) groups excluding carboxylic acids is 1. The lowest BCUT2D eigenvalue weighted by atomic mass is 9.99. The van der Waals surface area contributed by atoms with Crippen LogP contribution in [-0.2, 0) is 14.6 Å². The molecule has 0 spiro atoms. The fourth-order valence-corrected chi connectivity index (χ4v) is 4.81. The lowest BCUT2D eigenvalue weighted by Gasteiger charge is -2.29. The maximum absolute atomic E-state index is 12.1. The van der Waals surface area contributed by atoms with E-state index in [9.17, 15) is 13.2 Å². The van der Waals surface area contributed by atoms with Gasteiger partial charge in [-0.3, -0.25) is 9.69 Å². The van der Waals surface area contributed by atoms with Gasteiger partial charge in [-0.15, -0.1) is 0 Å². The van der Waals surface area contributed by atoms with Crippen molar-refractivity contribution in [2.24, 2.45) is 5.92 Å². The van der Waals surface area contributed by atoms with Gasteiger partial charge in [0.2, 0.25) is 5.91 Å². The molecule has 2 N–H and O–H groups in total. The Balaban J connectivity index is 1.74. The fraction of sp³-hybridized carbons (Fsp3) is 0.929. The van der Waals surface area contributed by atoms with Gasteiger partial charge in [0.1, 0.15) is 0 Å². The lowest BCUT2D eigenvalue weighted by Crippen LogP contribution is -2.45. The number of sulfone groups is 1. The Morgan fingerprint density at radius 3 is 2.76 bits per heavy atom. The highest BCUT2D eigenvalue weighted by Gasteiger charge is 2.29. The molecule has 0 bridgehead atoms. The highest BCUT2D eigenvalue weighted by atomic mass is 32.2. The number of rotatable bonds is 6. The van der Waals surface area contributed by atoms with Gasteiger partial charge in [-0.1, -0.05) is 6.92 Å². The molecule has 21 heavy (non-hydrogen) atoms. The minimum atomic E-state index is -2.93. The molecule has 2 aliphatic rings. The quantitative estimate of drug-likeness (QED) is 0.698. The molecule has 2 atom stereocenters. The number of carbonyl (C=O) groups is 1. The zero-order valence-electron chi connectivity index (χ0n) is 12.8. The van der Waals surface area contributed by atoms with Crippen LogP contribution >= 0.6 is 0 Å². The molecule has 0 aromatic carbocycles. The van der Waals surface area contributed by atoms with E-state index in [0.29, 0.717) is 18.9 Å². The molecule has 0 radical (unpaired) electrons. The summed E-state index contributed by atoms with van der Waals surface area (Å²) in [4.78, 5) is 14.2. The number of likely N-dealkylation sites (N-methyl/N-ethyl adjacent to an activating group) is 1. The highest BCUT2D eigenvalue weighted by molar-refractivity contribution is 7.91. The largest absolute Gasteiger partial charge is 0.351 e. The van der Waals surface area contributed by atoms with Crippen molar-refractivity contribution in [3.8, 4) is 0 Å². The molecular weight excluding hydrogens is 290 g/mol. The summed E-state index contributed by atoms with van der Waals surface area (Å²) in [5.74, 6) is 0.849. The molecule has 7 heteroatoms. The van der Waals surface area contributed by atoms with Crippen molar-refractivity contribution in [3.63, 3.8) is 0 Å². The van der Waals surface area contributed by atoms with Gasteiger partial charge in [-0.2, -0.15) is 0 Å². The van der Waals surface area contributed by atoms with E-state index in [0.717, 1.165) is 26.2 Å². The zero-order valence-corrected chi connectivity index (χ0v) is 13.6. The Kier molecular flexibility index (Phi) is 6.01. The topological polar surface area (TPSA) is 78.5 Å². The zero-order chi connectivity index (χ0) is 15.3. The monoisotopic (exact) mass is 317 g/mol. The minimum absolute atomic E-state index is 0.0530. The van der Waals surface area contributed by atoms with Crippen LogP contribution < -0.4 is 10.6 Å². The molecule has 2 unspecified atom stereocenters. The van der Waals surface area contributed by atoms with Crippen molar-refractivity contribution in [1.29, 1.82) is 0 Å². The molecule has 2 rings (SSSR count). The third-order valence-corrected chi connectivity index (χ3v) is 6.10. The third kappa shape index (κ3) is 5.56. The van der Waals surface area contributed by atoms with Gasteiger partial charge in [0.15, 0.2) is 9.84 Å². The molecule has 0 aromatic heterocycles. The minimum Gasteiger partial charge on any atom is -0.351 e. The first-order valence-electron chi connectivity index (χ1n) is 7.91. The summed E-state index contributed by atoms with van der Waals surface area (Å²) in [5, 5.41) is 6.25. The normalized spacial score (nSPS) is 28.7. The second kappa shape index (κ2) is 7.56. The predicted octanol–water partition coefficient (Wildman–Crippen LogP) is -0.389. The molecule has 2 heterocycles. The number of hydrogen-bond acceptors (Lipinski definition) is 5. The average molecular weight is 317 g/mol. The van der Waals surface area contributed by atoms with Crippen LogP contribution in [0.25, 0.3) is 0 Å². The highest BCUT2D eigenvalue weighted by Crippen LogP contribution is 2.13. The molecule has 2 saturated heterocycles. The van der Waals surface area contributed by atoms with Crippen LogP contribution in [0.3, 0.4) is 0 Å². The van der Waals surface area contributed by atoms with Crippen molar-refractivity contribution in [2.75, 3.05) is 44.2 Å². The van der Waals surface area contributed by atoms with Gasteiger partial charge in [0, 0.05) is 12.6 Å². The second-order valence-electron chi connectivity index (χ2n) is 6.21. The van der Waals surface area contributed by atoms with Crippen LogP contribution in [-0.4, -0.2) is 69.5 Å². The Morgan fingerprint density at radius 2 is 2.19 bits per heavy atom. The van der Waals surface area contributed by atoms with E-state index in [2.05, 4.69) is 22.5 Å². The van der Waals surface area contributed by atoms with Crippen LogP contribution in [0.2, 0.25) is 0 Å². The molecule has 0 aromatic rings. The predicted molar refractivity (Wildman–Crippen MR) is 82.9 cm³/mol. The number of hydrogen-bond donors (Lipinski definition) is 2. The summed E-state index contributed by atoms with van der Waals surface area (Å²) < 4.78 is 22.8. The van der Waals surface area contributed by atoms with Gasteiger partial charge in [-0.25, -0.2) is 8.42 Å². The smallest absolute Gasteiger partial charge is 0.234 e. The average Bonchev–Trinajstić information content (AvgIpc) is 2.78. The Labute approximate surface area is 127 Å². The van der Waals surface area contributed by atoms with E-state index in [1.165, 1.54) is 12.8 Å². The van der Waals surface area contributed by atoms with E-state index >= 15 is 0 Å². The number of nitrogens with zero attached hydrogens (tertiary/aromatic N) is 1. The second-order valence-corrected chi connectivity index (χ2v) is 8.44. The number of nitrogens with one attached hydrogen (secondary N) is 2. The van der Waals surface area contributed by atoms with E-state index in [1.54, 1.807) is 0 Å². The molecular formula is C14H27N3O3S. The molecule has 2 aliphatic heterocycles. The van der Waals surface area contributed by atoms with E-state index in [1.807, 2.05) is 0 Å². The molecule has 2 fully saturated rings. The SMILES string of the molecule is CCN(CC(=O)NC1CCS(=O)(=O)C1)CC1CCCNC1. The van der Waals surface area contributed by atoms with E-state index < -0.39 is 9.84 Å². The van der Waals surface area contributed by atoms with Crippen LogP contribution in [0.4, 0.5) is 0 Å². The van der Waals surface area contributed by atoms with Gasteiger partial charge in [-0.05, 0) is 44.8 Å². The van der Waals surface area contributed by atoms with Crippen LogP contribution in [0.1, 0.15) is 26.2 Å². The Hall–Kier alpha value is -0.660. The summed E-state index contributed by atoms with van der Waals surface area (Å²) in [5.41, 5.74) is 0. The van der Waals surface area contributed by atoms with Crippen molar-refractivity contribution < 1.29 is 13.2 Å². The standard InChI is InChI=1S/C14H27N3O3S/c1-2-17(9-12-4-3-6-15-8-12)10-14(18)16-13-5-7-21(19,20)11-13/h12-13,15H,2-11H2,1H3,(H,16,18). The van der Waals surface area contributed by atoms with Crippen molar-refractivity contribution >= 4 is 15.7 Å². The molecule has 0 aliphatic carbocycles. The summed E-state index contributed by atoms with van der Waals surface area (Å²) in [6.07, 6.45) is 2.97. The summed E-state index contributed by atoms with van der Waals surface area (Å²) in [6, 6.07) is -0.197. The van der Waals surface area contributed by atoms with Crippen LogP contribution in [0.15, 0.2) is 0 Å². The first-order chi connectivity index (χ1) is 9.98. The Morgan fingerprint density at radius 1 is 1.38 bits per heavy atom.